The van der Waals surface area contributed by atoms with E-state index in [9.17, 15) is 13.6 Å². The maximum atomic E-state index is 12.7. The van der Waals surface area contributed by atoms with Gasteiger partial charge in [-0.05, 0) is 18.6 Å². The quantitative estimate of drug-likeness (QED) is 0.803. The van der Waals surface area contributed by atoms with Gasteiger partial charge >= 0.3 is 0 Å². The second-order valence-electron chi connectivity index (χ2n) is 3.16. The standard InChI is InChI=1S/C10H12F2N2O/c1-2-9(13)10(15)14-8-4-6(11)3-7(12)5-8/h3-5,9H,2,13H2,1H3,(H,14,15)/t9-/m0/s1. The third-order valence-corrected chi connectivity index (χ3v) is 1.91. The molecule has 82 valence electrons. The molecule has 0 saturated carbocycles. The molecular formula is C10H12F2N2O. The van der Waals surface area contributed by atoms with E-state index in [0.29, 0.717) is 6.42 Å². The number of hydrogen-bond donors (Lipinski definition) is 2. The first kappa shape index (κ1) is 11.6. The maximum Gasteiger partial charge on any atom is 0.241 e. The summed E-state index contributed by atoms with van der Waals surface area (Å²) in [5.74, 6) is -1.94. The van der Waals surface area contributed by atoms with Crippen LogP contribution in [0.4, 0.5) is 14.5 Å². The van der Waals surface area contributed by atoms with Crippen LogP contribution >= 0.6 is 0 Å². The van der Waals surface area contributed by atoms with Crippen molar-refractivity contribution in [1.29, 1.82) is 0 Å². The fourth-order valence-electron chi connectivity index (χ4n) is 1.05. The lowest BCUT2D eigenvalue weighted by Crippen LogP contribution is -2.34. The van der Waals surface area contributed by atoms with E-state index >= 15 is 0 Å². The molecule has 15 heavy (non-hydrogen) atoms. The van der Waals surface area contributed by atoms with Crippen molar-refractivity contribution < 1.29 is 13.6 Å². The summed E-state index contributed by atoms with van der Waals surface area (Å²) in [6.07, 6.45) is 0.462. The van der Waals surface area contributed by atoms with E-state index in [1.165, 1.54) is 0 Å². The van der Waals surface area contributed by atoms with Gasteiger partial charge in [0.1, 0.15) is 11.6 Å². The van der Waals surface area contributed by atoms with Crippen molar-refractivity contribution in [3.63, 3.8) is 0 Å². The zero-order valence-corrected chi connectivity index (χ0v) is 8.26. The summed E-state index contributed by atoms with van der Waals surface area (Å²) in [4.78, 5) is 11.3. The highest BCUT2D eigenvalue weighted by Crippen LogP contribution is 2.13. The lowest BCUT2D eigenvalue weighted by Gasteiger charge is -2.09. The molecular weight excluding hydrogens is 202 g/mol. The van der Waals surface area contributed by atoms with Gasteiger partial charge in [0, 0.05) is 11.8 Å². The van der Waals surface area contributed by atoms with E-state index in [1.54, 1.807) is 6.92 Å². The summed E-state index contributed by atoms with van der Waals surface area (Å²) >= 11 is 0. The Morgan fingerprint density at radius 1 is 1.40 bits per heavy atom. The number of hydrogen-bond acceptors (Lipinski definition) is 2. The number of benzene rings is 1. The Hall–Kier alpha value is -1.49. The number of halogens is 2. The second kappa shape index (κ2) is 4.84. The van der Waals surface area contributed by atoms with Crippen molar-refractivity contribution in [3.05, 3.63) is 29.8 Å². The largest absolute Gasteiger partial charge is 0.325 e. The Labute approximate surface area is 86.3 Å². The number of nitrogens with two attached hydrogens (primary N) is 1. The van der Waals surface area contributed by atoms with Gasteiger partial charge in [-0.25, -0.2) is 8.78 Å². The van der Waals surface area contributed by atoms with Crippen LogP contribution < -0.4 is 11.1 Å². The molecule has 0 saturated heterocycles. The molecule has 1 atom stereocenters. The van der Waals surface area contributed by atoms with Crippen LogP contribution in [-0.2, 0) is 4.79 Å². The molecule has 3 nitrogen and oxygen atoms in total. The topological polar surface area (TPSA) is 55.1 Å². The molecule has 1 amide bonds. The molecule has 0 fully saturated rings. The molecule has 0 aliphatic carbocycles. The van der Waals surface area contributed by atoms with Crippen LogP contribution in [0, 0.1) is 11.6 Å². The van der Waals surface area contributed by atoms with Crippen LogP contribution in [0.5, 0.6) is 0 Å². The van der Waals surface area contributed by atoms with E-state index < -0.39 is 23.6 Å². The average Bonchev–Trinajstić information content (AvgIpc) is 2.14. The Bertz CT molecular complexity index is 348. The van der Waals surface area contributed by atoms with Crippen LogP contribution in [-0.4, -0.2) is 11.9 Å². The SMILES string of the molecule is CC[C@H](N)C(=O)Nc1cc(F)cc(F)c1. The van der Waals surface area contributed by atoms with E-state index in [2.05, 4.69) is 5.32 Å². The lowest BCUT2D eigenvalue weighted by atomic mass is 10.2. The molecule has 5 heteroatoms. The number of rotatable bonds is 3. The van der Waals surface area contributed by atoms with Crippen molar-refractivity contribution in [2.75, 3.05) is 5.32 Å². The predicted molar refractivity (Wildman–Crippen MR) is 53.3 cm³/mol. The van der Waals surface area contributed by atoms with E-state index in [0.717, 1.165) is 18.2 Å². The minimum absolute atomic E-state index is 0.0707. The van der Waals surface area contributed by atoms with E-state index in [-0.39, 0.29) is 5.69 Å². The number of carbonyl (C=O) groups excluding carboxylic acids is 1. The summed E-state index contributed by atoms with van der Waals surface area (Å²) in [7, 11) is 0. The smallest absolute Gasteiger partial charge is 0.241 e. The molecule has 0 aliphatic rings. The van der Waals surface area contributed by atoms with Crippen molar-refractivity contribution >= 4 is 11.6 Å². The second-order valence-corrected chi connectivity index (χ2v) is 3.16. The van der Waals surface area contributed by atoms with Gasteiger partial charge < -0.3 is 11.1 Å². The van der Waals surface area contributed by atoms with Gasteiger partial charge in [-0.1, -0.05) is 6.92 Å². The fraction of sp³-hybridized carbons (Fsp3) is 0.300. The van der Waals surface area contributed by atoms with E-state index in [4.69, 9.17) is 5.73 Å². The Morgan fingerprint density at radius 3 is 2.40 bits per heavy atom. The summed E-state index contributed by atoms with van der Waals surface area (Å²) in [6.45, 7) is 1.75. The lowest BCUT2D eigenvalue weighted by molar-refractivity contribution is -0.117. The monoisotopic (exact) mass is 214 g/mol. The first-order valence-corrected chi connectivity index (χ1v) is 4.55. The molecule has 0 aromatic heterocycles. The minimum Gasteiger partial charge on any atom is -0.325 e. The van der Waals surface area contributed by atoms with Crippen molar-refractivity contribution in [3.8, 4) is 0 Å². The number of amides is 1. The first-order chi connectivity index (χ1) is 7.02. The molecule has 0 bridgehead atoms. The minimum atomic E-state index is -0.740. The zero-order chi connectivity index (χ0) is 11.4. The highest BCUT2D eigenvalue weighted by Gasteiger charge is 2.11. The molecule has 3 N–H and O–H groups in total. The summed E-state index contributed by atoms with van der Waals surface area (Å²) in [5.41, 5.74) is 5.51. The molecule has 0 spiro atoms. The summed E-state index contributed by atoms with van der Waals surface area (Å²) < 4.78 is 25.5. The molecule has 1 aromatic carbocycles. The Kier molecular flexibility index (Phi) is 3.74. The number of nitrogens with one attached hydrogen (secondary N) is 1. The van der Waals surface area contributed by atoms with Crippen molar-refractivity contribution in [1.82, 2.24) is 0 Å². The van der Waals surface area contributed by atoms with Crippen LogP contribution in [0.15, 0.2) is 18.2 Å². The van der Waals surface area contributed by atoms with E-state index in [1.807, 2.05) is 0 Å². The summed E-state index contributed by atoms with van der Waals surface area (Å²) in [6, 6.07) is 2.12. The molecule has 0 unspecified atom stereocenters. The van der Waals surface area contributed by atoms with Gasteiger partial charge in [0.25, 0.3) is 0 Å². The van der Waals surface area contributed by atoms with Gasteiger partial charge in [0.05, 0.1) is 6.04 Å². The van der Waals surface area contributed by atoms with Crippen LogP contribution in [0.1, 0.15) is 13.3 Å². The maximum absolute atomic E-state index is 12.7. The molecule has 0 heterocycles. The first-order valence-electron chi connectivity index (χ1n) is 4.55. The van der Waals surface area contributed by atoms with Gasteiger partial charge in [0.15, 0.2) is 0 Å². The third-order valence-electron chi connectivity index (χ3n) is 1.91. The van der Waals surface area contributed by atoms with Gasteiger partial charge in [-0.3, -0.25) is 4.79 Å². The van der Waals surface area contributed by atoms with Crippen LogP contribution in [0.3, 0.4) is 0 Å². The summed E-state index contributed by atoms with van der Waals surface area (Å²) in [5, 5.41) is 2.33. The Balaban J connectivity index is 2.76. The molecule has 1 aromatic rings. The third kappa shape index (κ3) is 3.28. The number of carbonyl (C=O) groups is 1. The van der Waals surface area contributed by atoms with Gasteiger partial charge in [-0.2, -0.15) is 0 Å². The van der Waals surface area contributed by atoms with Gasteiger partial charge in [0.2, 0.25) is 5.91 Å². The highest BCUT2D eigenvalue weighted by molar-refractivity contribution is 5.94. The average molecular weight is 214 g/mol. The molecule has 1 rings (SSSR count). The molecule has 0 radical (unpaired) electrons. The highest BCUT2D eigenvalue weighted by atomic mass is 19.1. The fourth-order valence-corrected chi connectivity index (χ4v) is 1.05. The zero-order valence-electron chi connectivity index (χ0n) is 8.26. The predicted octanol–water partition coefficient (Wildman–Crippen LogP) is 1.64. The van der Waals surface area contributed by atoms with Crippen molar-refractivity contribution in [2.45, 2.75) is 19.4 Å². The van der Waals surface area contributed by atoms with Crippen LogP contribution in [0.25, 0.3) is 0 Å². The molecule has 0 aliphatic heterocycles. The normalized spacial score (nSPS) is 12.3. The Morgan fingerprint density at radius 2 is 1.93 bits per heavy atom. The van der Waals surface area contributed by atoms with Crippen LogP contribution in [0.2, 0.25) is 0 Å². The van der Waals surface area contributed by atoms with Crippen molar-refractivity contribution in [2.24, 2.45) is 5.73 Å². The van der Waals surface area contributed by atoms with Gasteiger partial charge in [-0.15, -0.1) is 0 Å². The number of anilines is 1.